The number of anilines is 1. The fraction of sp³-hybridized carbons (Fsp3) is 0.318. The predicted molar refractivity (Wildman–Crippen MR) is 120 cm³/mol. The highest BCUT2D eigenvalue weighted by atomic mass is 35.5. The summed E-state index contributed by atoms with van der Waals surface area (Å²) in [5.41, 5.74) is 1.80. The molecule has 164 valence electrons. The van der Waals surface area contributed by atoms with Crippen LogP contribution in [0.3, 0.4) is 0 Å². The average molecular weight is 454 g/mol. The highest BCUT2D eigenvalue weighted by Gasteiger charge is 2.28. The maximum absolute atomic E-state index is 14.9. The lowest BCUT2D eigenvalue weighted by atomic mass is 10.0. The van der Waals surface area contributed by atoms with Crippen LogP contribution in [0.25, 0.3) is 22.3 Å². The summed E-state index contributed by atoms with van der Waals surface area (Å²) >= 11 is 5.95. The fourth-order valence-electron chi connectivity index (χ4n) is 4.12. The summed E-state index contributed by atoms with van der Waals surface area (Å²) in [4.78, 5) is 28.8. The number of hydrogen-bond donors (Lipinski definition) is 0. The number of aryl methyl sites for hydroxylation is 2. The molecule has 10 heteroatoms. The normalized spacial score (nSPS) is 16.3. The number of fused-ring (bicyclic) bond motifs is 1. The number of hydrogen-bond acceptors (Lipinski definition) is 6. The highest BCUT2D eigenvalue weighted by Crippen LogP contribution is 2.33. The van der Waals surface area contributed by atoms with Gasteiger partial charge in [0.2, 0.25) is 5.95 Å². The van der Waals surface area contributed by atoms with Gasteiger partial charge in [-0.05, 0) is 37.1 Å². The Bertz CT molecular complexity index is 1410. The predicted octanol–water partition coefficient (Wildman–Crippen LogP) is 3.22. The first-order valence-electron chi connectivity index (χ1n) is 10.3. The molecule has 1 fully saturated rings. The molecule has 1 aromatic carbocycles. The molecule has 0 aliphatic carbocycles. The second-order valence-electron chi connectivity index (χ2n) is 8.10. The standard InChI is InChI=1S/C22H21ClFN7O/c1-12-26-19-18(16-5-4-15(23)8-17(16)24)27-22(28-20(19)21(32)30(12)3)31-7-6-13(11-31)14-9-25-29(2)10-14/h4-5,8-10,13H,6-7,11H2,1-3H3. The number of rotatable bonds is 3. The first kappa shape index (κ1) is 20.6. The van der Waals surface area contributed by atoms with Crippen LogP contribution in [-0.4, -0.2) is 42.4 Å². The monoisotopic (exact) mass is 453 g/mol. The van der Waals surface area contributed by atoms with Crippen LogP contribution in [0.1, 0.15) is 23.7 Å². The zero-order valence-electron chi connectivity index (χ0n) is 17.9. The van der Waals surface area contributed by atoms with Gasteiger partial charge in [0.15, 0.2) is 5.52 Å². The van der Waals surface area contributed by atoms with Crippen molar-refractivity contribution in [3.05, 3.63) is 63.2 Å². The Hall–Kier alpha value is -3.33. The Morgan fingerprint density at radius 1 is 1.16 bits per heavy atom. The van der Waals surface area contributed by atoms with E-state index in [0.29, 0.717) is 24.9 Å². The van der Waals surface area contributed by atoms with Crippen LogP contribution in [0.5, 0.6) is 0 Å². The van der Waals surface area contributed by atoms with Gasteiger partial charge in [0, 0.05) is 49.9 Å². The Morgan fingerprint density at radius 2 is 1.97 bits per heavy atom. The molecule has 0 spiro atoms. The van der Waals surface area contributed by atoms with Gasteiger partial charge in [-0.1, -0.05) is 11.6 Å². The van der Waals surface area contributed by atoms with Crippen molar-refractivity contribution < 1.29 is 4.39 Å². The minimum Gasteiger partial charge on any atom is -0.340 e. The van der Waals surface area contributed by atoms with Gasteiger partial charge in [-0.25, -0.2) is 19.3 Å². The SMILES string of the molecule is Cc1nc2c(-c3ccc(Cl)cc3F)nc(N3CCC(c4cnn(C)c4)C3)nc2c(=O)n1C. The van der Waals surface area contributed by atoms with E-state index in [1.165, 1.54) is 10.6 Å². The number of nitrogens with zero attached hydrogens (tertiary/aromatic N) is 7. The van der Waals surface area contributed by atoms with Crippen molar-refractivity contribution in [2.24, 2.45) is 14.1 Å². The Labute approximate surface area is 188 Å². The van der Waals surface area contributed by atoms with Gasteiger partial charge < -0.3 is 4.90 Å². The zero-order chi connectivity index (χ0) is 22.6. The van der Waals surface area contributed by atoms with Crippen molar-refractivity contribution in [3.8, 4) is 11.3 Å². The van der Waals surface area contributed by atoms with E-state index in [4.69, 9.17) is 11.6 Å². The molecule has 1 aliphatic rings. The molecule has 1 unspecified atom stereocenters. The molecule has 0 amide bonds. The first-order valence-corrected chi connectivity index (χ1v) is 10.6. The zero-order valence-corrected chi connectivity index (χ0v) is 18.6. The van der Waals surface area contributed by atoms with Crippen molar-refractivity contribution in [1.82, 2.24) is 29.3 Å². The third-order valence-corrected chi connectivity index (χ3v) is 6.23. The summed E-state index contributed by atoms with van der Waals surface area (Å²) in [6.45, 7) is 3.11. The van der Waals surface area contributed by atoms with Gasteiger partial charge >= 0.3 is 0 Å². The molecule has 0 radical (unpaired) electrons. The van der Waals surface area contributed by atoms with Crippen molar-refractivity contribution in [2.75, 3.05) is 18.0 Å². The summed E-state index contributed by atoms with van der Waals surface area (Å²) in [7, 11) is 3.53. The summed E-state index contributed by atoms with van der Waals surface area (Å²) < 4.78 is 18.1. The average Bonchev–Trinajstić information content (AvgIpc) is 3.41. The van der Waals surface area contributed by atoms with E-state index in [1.807, 2.05) is 24.3 Å². The molecule has 32 heavy (non-hydrogen) atoms. The summed E-state index contributed by atoms with van der Waals surface area (Å²) in [5.74, 6) is 0.624. The van der Waals surface area contributed by atoms with Gasteiger partial charge in [0.25, 0.3) is 5.56 Å². The van der Waals surface area contributed by atoms with E-state index in [1.54, 1.807) is 30.8 Å². The second-order valence-corrected chi connectivity index (χ2v) is 8.53. The van der Waals surface area contributed by atoms with Crippen molar-refractivity contribution in [1.29, 1.82) is 0 Å². The largest absolute Gasteiger partial charge is 0.340 e. The lowest BCUT2D eigenvalue weighted by Crippen LogP contribution is -2.26. The molecule has 8 nitrogen and oxygen atoms in total. The highest BCUT2D eigenvalue weighted by molar-refractivity contribution is 6.30. The van der Waals surface area contributed by atoms with E-state index in [-0.39, 0.29) is 38.8 Å². The van der Waals surface area contributed by atoms with Gasteiger partial charge in [-0.3, -0.25) is 14.0 Å². The number of halogens is 2. The minimum absolute atomic E-state index is 0.164. The van der Waals surface area contributed by atoms with Crippen LogP contribution >= 0.6 is 11.6 Å². The molecule has 0 saturated carbocycles. The minimum atomic E-state index is -0.529. The van der Waals surface area contributed by atoms with Crippen LogP contribution in [0.15, 0.2) is 35.4 Å². The Morgan fingerprint density at radius 3 is 2.69 bits per heavy atom. The molecule has 1 atom stereocenters. The molecule has 0 N–H and O–H groups in total. The van der Waals surface area contributed by atoms with Crippen molar-refractivity contribution >= 4 is 28.6 Å². The van der Waals surface area contributed by atoms with Crippen molar-refractivity contribution in [3.63, 3.8) is 0 Å². The lowest BCUT2D eigenvalue weighted by molar-refractivity contribution is 0.631. The summed E-state index contributed by atoms with van der Waals surface area (Å²) in [6, 6.07) is 4.38. The fourth-order valence-corrected chi connectivity index (χ4v) is 4.28. The molecule has 3 aromatic heterocycles. The van der Waals surface area contributed by atoms with E-state index < -0.39 is 5.82 Å². The quantitative estimate of drug-likeness (QED) is 0.473. The first-order chi connectivity index (χ1) is 15.3. The van der Waals surface area contributed by atoms with Crippen LogP contribution in [-0.2, 0) is 14.1 Å². The molecule has 4 heterocycles. The third kappa shape index (κ3) is 3.42. The van der Waals surface area contributed by atoms with E-state index in [9.17, 15) is 9.18 Å². The van der Waals surface area contributed by atoms with E-state index in [2.05, 4.69) is 20.1 Å². The number of aromatic nitrogens is 6. The Kier molecular flexibility index (Phi) is 4.93. The molecule has 1 saturated heterocycles. The lowest BCUT2D eigenvalue weighted by Gasteiger charge is -2.18. The van der Waals surface area contributed by atoms with Gasteiger partial charge in [-0.2, -0.15) is 5.10 Å². The molecule has 4 aromatic rings. The van der Waals surface area contributed by atoms with Gasteiger partial charge in [0.05, 0.1) is 6.20 Å². The van der Waals surface area contributed by atoms with Crippen LogP contribution in [0.4, 0.5) is 10.3 Å². The summed E-state index contributed by atoms with van der Waals surface area (Å²) in [5, 5.41) is 4.54. The maximum Gasteiger partial charge on any atom is 0.279 e. The van der Waals surface area contributed by atoms with Gasteiger partial charge in [-0.15, -0.1) is 0 Å². The van der Waals surface area contributed by atoms with Gasteiger partial charge in [0.1, 0.15) is 22.9 Å². The second kappa shape index (κ2) is 7.67. The van der Waals surface area contributed by atoms with Crippen molar-refractivity contribution in [2.45, 2.75) is 19.3 Å². The van der Waals surface area contributed by atoms with E-state index in [0.717, 1.165) is 12.0 Å². The molecular weight excluding hydrogens is 433 g/mol. The maximum atomic E-state index is 14.9. The van der Waals surface area contributed by atoms with Crippen LogP contribution in [0, 0.1) is 12.7 Å². The number of benzene rings is 1. The van der Waals surface area contributed by atoms with E-state index >= 15 is 0 Å². The third-order valence-electron chi connectivity index (χ3n) is 5.99. The van der Waals surface area contributed by atoms with Crippen LogP contribution in [0.2, 0.25) is 5.02 Å². The molecule has 5 rings (SSSR count). The van der Waals surface area contributed by atoms with Crippen LogP contribution < -0.4 is 10.5 Å². The Balaban J connectivity index is 1.66. The molecular formula is C22H21ClFN7O. The molecule has 0 bridgehead atoms. The topological polar surface area (TPSA) is 81.7 Å². The summed E-state index contributed by atoms with van der Waals surface area (Å²) in [6.07, 6.45) is 4.78. The smallest absolute Gasteiger partial charge is 0.279 e. The molecule has 1 aliphatic heterocycles.